The quantitative estimate of drug-likeness (QED) is 0.815. The van der Waals surface area contributed by atoms with Crippen molar-refractivity contribution < 1.29 is 23.5 Å². The minimum atomic E-state index is -0.940. The van der Waals surface area contributed by atoms with E-state index in [1.165, 1.54) is 10.6 Å². The molecule has 1 aliphatic heterocycles. The van der Waals surface area contributed by atoms with Gasteiger partial charge >= 0.3 is 0 Å². The molecule has 2 heterocycles. The molecule has 6 nitrogen and oxygen atoms in total. The Kier molecular flexibility index (Phi) is 4.58. The largest absolute Gasteiger partial charge is 0.503 e. The van der Waals surface area contributed by atoms with Gasteiger partial charge < -0.3 is 15.0 Å². The topological polar surface area (TPSA) is 88.4 Å². The number of hydrogen-bond donors (Lipinski definition) is 2. The van der Waals surface area contributed by atoms with Gasteiger partial charge in [0.2, 0.25) is 5.43 Å². The van der Waals surface area contributed by atoms with E-state index in [1.807, 2.05) is 6.92 Å². The molecule has 8 heteroatoms. The van der Waals surface area contributed by atoms with Crippen LogP contribution in [0.2, 0.25) is 0 Å². The van der Waals surface area contributed by atoms with E-state index in [9.17, 15) is 28.3 Å². The number of aromatic nitrogens is 1. The average molecular weight is 362 g/mol. The van der Waals surface area contributed by atoms with E-state index in [4.69, 9.17) is 0 Å². The van der Waals surface area contributed by atoms with E-state index in [1.54, 1.807) is 0 Å². The van der Waals surface area contributed by atoms with Crippen molar-refractivity contribution in [3.05, 3.63) is 62.6 Å². The van der Waals surface area contributed by atoms with Crippen LogP contribution in [0.1, 0.15) is 51.5 Å². The maximum absolute atomic E-state index is 13.7. The zero-order valence-corrected chi connectivity index (χ0v) is 13.9. The van der Waals surface area contributed by atoms with Crippen molar-refractivity contribution in [2.75, 3.05) is 0 Å². The Bertz CT molecular complexity index is 969. The second-order valence-electron chi connectivity index (χ2n) is 6.18. The van der Waals surface area contributed by atoms with Gasteiger partial charge in [0.1, 0.15) is 22.9 Å². The highest BCUT2D eigenvalue weighted by molar-refractivity contribution is 5.96. The van der Waals surface area contributed by atoms with Crippen LogP contribution in [0, 0.1) is 11.6 Å². The zero-order chi connectivity index (χ0) is 19.0. The van der Waals surface area contributed by atoms with Crippen molar-refractivity contribution in [3.8, 4) is 5.75 Å². The summed E-state index contributed by atoms with van der Waals surface area (Å²) in [6.07, 6.45) is 1.39. The predicted molar refractivity (Wildman–Crippen MR) is 88.3 cm³/mol. The molecule has 0 bridgehead atoms. The number of aromatic hydroxyl groups is 1. The van der Waals surface area contributed by atoms with Gasteiger partial charge in [-0.2, -0.15) is 0 Å². The monoisotopic (exact) mass is 362 g/mol. The standard InChI is InChI=1S/C18H16F2N2O4/c1-9-2-5-13-15(17(25)16(24)14(8-23)22(9)13)18(26)21-7-10-3-4-11(19)6-12(10)20/h3-4,6,8-9,24H,2,5,7H2,1H3,(H,21,26)/t9-/m1/s1. The fraction of sp³-hybridized carbons (Fsp3) is 0.278. The van der Waals surface area contributed by atoms with Crippen molar-refractivity contribution in [1.29, 1.82) is 0 Å². The van der Waals surface area contributed by atoms with E-state index in [0.717, 1.165) is 6.07 Å². The molecule has 0 radical (unpaired) electrons. The molecule has 1 amide bonds. The first-order valence-electron chi connectivity index (χ1n) is 8.02. The normalized spacial score (nSPS) is 15.6. The van der Waals surface area contributed by atoms with Crippen LogP contribution in [0.15, 0.2) is 23.0 Å². The summed E-state index contributed by atoms with van der Waals surface area (Å²) in [7, 11) is 0. The molecule has 1 aliphatic rings. The molecule has 1 atom stereocenters. The molecule has 0 saturated carbocycles. The van der Waals surface area contributed by atoms with E-state index >= 15 is 0 Å². The van der Waals surface area contributed by atoms with E-state index in [0.29, 0.717) is 30.9 Å². The van der Waals surface area contributed by atoms with Gasteiger partial charge in [-0.05, 0) is 25.8 Å². The third kappa shape index (κ3) is 2.87. The highest BCUT2D eigenvalue weighted by Crippen LogP contribution is 2.31. The Hall–Kier alpha value is -3.03. The third-order valence-corrected chi connectivity index (χ3v) is 4.56. The minimum Gasteiger partial charge on any atom is -0.503 e. The van der Waals surface area contributed by atoms with Crippen LogP contribution < -0.4 is 10.7 Å². The summed E-state index contributed by atoms with van der Waals surface area (Å²) in [5.74, 6) is -3.13. The van der Waals surface area contributed by atoms with Gasteiger partial charge in [0.05, 0.1) is 0 Å². The summed E-state index contributed by atoms with van der Waals surface area (Å²) in [6.45, 7) is 1.55. The van der Waals surface area contributed by atoms with Crippen molar-refractivity contribution in [2.24, 2.45) is 0 Å². The van der Waals surface area contributed by atoms with E-state index in [-0.39, 0.29) is 29.4 Å². The lowest BCUT2D eigenvalue weighted by Crippen LogP contribution is -2.32. The van der Waals surface area contributed by atoms with E-state index in [2.05, 4.69) is 5.32 Å². The van der Waals surface area contributed by atoms with Crippen LogP contribution in [0.3, 0.4) is 0 Å². The maximum Gasteiger partial charge on any atom is 0.257 e. The number of nitrogens with zero attached hydrogens (tertiary/aromatic N) is 1. The molecule has 0 fully saturated rings. The number of carbonyl (C=O) groups excluding carboxylic acids is 2. The first-order valence-corrected chi connectivity index (χ1v) is 8.02. The number of aldehydes is 1. The number of rotatable bonds is 4. The second kappa shape index (κ2) is 6.70. The van der Waals surface area contributed by atoms with Gasteiger partial charge in [-0.1, -0.05) is 6.07 Å². The van der Waals surface area contributed by atoms with Gasteiger partial charge in [-0.3, -0.25) is 14.4 Å². The SMILES string of the molecule is C[C@@H]1CCc2c(C(=O)NCc3ccc(F)cc3F)c(=O)c(O)c(C=O)n21. The zero-order valence-electron chi connectivity index (χ0n) is 13.9. The molecule has 2 aromatic rings. The summed E-state index contributed by atoms with van der Waals surface area (Å²) < 4.78 is 28.1. The van der Waals surface area contributed by atoms with Gasteiger partial charge in [-0.25, -0.2) is 8.78 Å². The lowest BCUT2D eigenvalue weighted by Gasteiger charge is -2.17. The molecule has 0 aliphatic carbocycles. The highest BCUT2D eigenvalue weighted by atomic mass is 19.1. The summed E-state index contributed by atoms with van der Waals surface area (Å²) in [5, 5.41) is 12.4. The molecular formula is C18H16F2N2O4. The first kappa shape index (κ1) is 17.8. The van der Waals surface area contributed by atoms with Crippen LogP contribution >= 0.6 is 0 Å². The van der Waals surface area contributed by atoms with Crippen LogP contribution in [-0.4, -0.2) is 21.9 Å². The average Bonchev–Trinajstić information content (AvgIpc) is 2.96. The second-order valence-corrected chi connectivity index (χ2v) is 6.18. The molecule has 1 aromatic heterocycles. The molecular weight excluding hydrogens is 346 g/mol. The van der Waals surface area contributed by atoms with Crippen LogP contribution in [0.25, 0.3) is 0 Å². The van der Waals surface area contributed by atoms with Gasteiger partial charge in [0, 0.05) is 29.9 Å². The number of halogens is 2. The van der Waals surface area contributed by atoms with Gasteiger partial charge in [0.15, 0.2) is 12.0 Å². The summed E-state index contributed by atoms with van der Waals surface area (Å²) in [5.41, 5.74) is -0.946. The fourth-order valence-electron chi connectivity index (χ4n) is 3.25. The molecule has 1 aromatic carbocycles. The summed E-state index contributed by atoms with van der Waals surface area (Å²) in [6, 6.07) is 2.79. The fourth-order valence-corrected chi connectivity index (χ4v) is 3.25. The van der Waals surface area contributed by atoms with Crippen LogP contribution in [-0.2, 0) is 13.0 Å². The summed E-state index contributed by atoms with van der Waals surface area (Å²) >= 11 is 0. The molecule has 0 unspecified atom stereocenters. The number of nitrogens with one attached hydrogen (secondary N) is 1. The number of pyridine rings is 1. The Labute approximate surface area is 147 Å². The van der Waals surface area contributed by atoms with Crippen LogP contribution in [0.5, 0.6) is 5.75 Å². The molecule has 136 valence electrons. The Morgan fingerprint density at radius 3 is 2.81 bits per heavy atom. The Balaban J connectivity index is 1.97. The van der Waals surface area contributed by atoms with Crippen molar-refractivity contribution >= 4 is 12.2 Å². The number of benzene rings is 1. The van der Waals surface area contributed by atoms with Crippen molar-refractivity contribution in [2.45, 2.75) is 32.4 Å². The first-order chi connectivity index (χ1) is 12.3. The highest BCUT2D eigenvalue weighted by Gasteiger charge is 2.31. The lowest BCUT2D eigenvalue weighted by atomic mass is 10.1. The third-order valence-electron chi connectivity index (χ3n) is 4.56. The Morgan fingerprint density at radius 1 is 1.42 bits per heavy atom. The molecule has 26 heavy (non-hydrogen) atoms. The number of hydrogen-bond acceptors (Lipinski definition) is 4. The Morgan fingerprint density at radius 2 is 2.15 bits per heavy atom. The molecule has 3 rings (SSSR count). The lowest BCUT2D eigenvalue weighted by molar-refractivity contribution is 0.0946. The summed E-state index contributed by atoms with van der Waals surface area (Å²) in [4.78, 5) is 36.1. The number of carbonyl (C=O) groups is 2. The van der Waals surface area contributed by atoms with Gasteiger partial charge in [-0.15, -0.1) is 0 Å². The van der Waals surface area contributed by atoms with Crippen molar-refractivity contribution in [3.63, 3.8) is 0 Å². The molecule has 0 saturated heterocycles. The van der Waals surface area contributed by atoms with Crippen LogP contribution in [0.4, 0.5) is 8.78 Å². The maximum atomic E-state index is 13.7. The van der Waals surface area contributed by atoms with Gasteiger partial charge in [0.25, 0.3) is 5.91 Å². The number of amides is 1. The molecule has 0 spiro atoms. The smallest absolute Gasteiger partial charge is 0.257 e. The molecule has 2 N–H and O–H groups in total. The number of fused-ring (bicyclic) bond motifs is 1. The van der Waals surface area contributed by atoms with E-state index < -0.39 is 28.7 Å². The minimum absolute atomic E-state index is 0.0543. The predicted octanol–water partition coefficient (Wildman–Crippen LogP) is 2.08. The van der Waals surface area contributed by atoms with Crippen molar-refractivity contribution in [1.82, 2.24) is 9.88 Å².